The summed E-state index contributed by atoms with van der Waals surface area (Å²) in [7, 11) is 0. The Hall–Kier alpha value is -1.80. The highest BCUT2D eigenvalue weighted by atomic mass is 15.4. The third-order valence-electron chi connectivity index (χ3n) is 3.32. The van der Waals surface area contributed by atoms with Crippen LogP contribution in [0.25, 0.3) is 0 Å². The van der Waals surface area contributed by atoms with E-state index in [1.807, 2.05) is 30.3 Å². The predicted molar refractivity (Wildman–Crippen MR) is 73.4 cm³/mol. The lowest BCUT2D eigenvalue weighted by Gasteiger charge is -2.22. The summed E-state index contributed by atoms with van der Waals surface area (Å²) < 4.78 is 0. The molecule has 2 aromatic carbocycles. The highest BCUT2D eigenvalue weighted by Gasteiger charge is 2.09. The fraction of sp³-hybridized carbons (Fsp3) is 0.200. The first-order chi connectivity index (χ1) is 8.11. The summed E-state index contributed by atoms with van der Waals surface area (Å²) in [5.74, 6) is 6.17. The third-order valence-corrected chi connectivity index (χ3v) is 3.32. The van der Waals surface area contributed by atoms with Crippen molar-refractivity contribution in [3.63, 3.8) is 0 Å². The molecule has 0 bridgehead atoms. The maximum atomic E-state index is 6.17. The van der Waals surface area contributed by atoms with Crippen LogP contribution in [0.2, 0.25) is 0 Å². The summed E-state index contributed by atoms with van der Waals surface area (Å²) in [4.78, 5) is 0. The first-order valence-corrected chi connectivity index (χ1v) is 5.78. The average Bonchev–Trinajstić information content (AvgIpc) is 2.36. The van der Waals surface area contributed by atoms with Crippen LogP contribution in [-0.2, 0) is 0 Å². The minimum Gasteiger partial charge on any atom is -0.279 e. The van der Waals surface area contributed by atoms with Crippen LogP contribution in [0.5, 0.6) is 0 Å². The van der Waals surface area contributed by atoms with E-state index >= 15 is 0 Å². The van der Waals surface area contributed by atoms with E-state index in [1.165, 1.54) is 16.7 Å². The quantitative estimate of drug-likeness (QED) is 0.626. The normalized spacial score (nSPS) is 10.4. The number of rotatable bonds is 2. The van der Waals surface area contributed by atoms with E-state index in [9.17, 15) is 0 Å². The van der Waals surface area contributed by atoms with Crippen molar-refractivity contribution in [2.24, 2.45) is 5.84 Å². The van der Waals surface area contributed by atoms with Gasteiger partial charge in [0.25, 0.3) is 0 Å². The van der Waals surface area contributed by atoms with Crippen molar-refractivity contribution in [1.29, 1.82) is 0 Å². The number of hydrogen-bond acceptors (Lipinski definition) is 2. The monoisotopic (exact) mass is 226 g/mol. The van der Waals surface area contributed by atoms with Crippen molar-refractivity contribution in [2.45, 2.75) is 20.8 Å². The summed E-state index contributed by atoms with van der Waals surface area (Å²) in [5, 5.41) is 1.74. The molecule has 2 aromatic rings. The van der Waals surface area contributed by atoms with Crippen LogP contribution < -0.4 is 10.9 Å². The Kier molecular flexibility index (Phi) is 3.16. The lowest BCUT2D eigenvalue weighted by atomic mass is 10.0. The summed E-state index contributed by atoms with van der Waals surface area (Å²) in [5.41, 5.74) is 5.89. The van der Waals surface area contributed by atoms with Gasteiger partial charge >= 0.3 is 0 Å². The van der Waals surface area contributed by atoms with Gasteiger partial charge in [-0.25, -0.2) is 5.84 Å². The summed E-state index contributed by atoms with van der Waals surface area (Å²) in [6.07, 6.45) is 0. The van der Waals surface area contributed by atoms with Crippen LogP contribution in [-0.4, -0.2) is 0 Å². The molecule has 0 saturated carbocycles. The van der Waals surface area contributed by atoms with E-state index in [4.69, 9.17) is 5.84 Å². The lowest BCUT2D eigenvalue weighted by Crippen LogP contribution is -2.25. The van der Waals surface area contributed by atoms with Crippen molar-refractivity contribution in [1.82, 2.24) is 0 Å². The SMILES string of the molecule is Cc1ccc(N(N)c2ccccc2)c(C)c1C. The zero-order valence-corrected chi connectivity index (χ0v) is 10.6. The molecule has 0 heterocycles. The Bertz CT molecular complexity index is 518. The molecule has 2 nitrogen and oxygen atoms in total. The molecule has 2 heteroatoms. The topological polar surface area (TPSA) is 29.3 Å². The molecule has 2 N–H and O–H groups in total. The Morgan fingerprint density at radius 3 is 2.12 bits per heavy atom. The zero-order valence-electron chi connectivity index (χ0n) is 10.6. The molecule has 88 valence electrons. The molecule has 17 heavy (non-hydrogen) atoms. The lowest BCUT2D eigenvalue weighted by molar-refractivity contribution is 1.06. The third kappa shape index (κ3) is 2.17. The van der Waals surface area contributed by atoms with Crippen LogP contribution >= 0.6 is 0 Å². The fourth-order valence-electron chi connectivity index (χ4n) is 1.93. The van der Waals surface area contributed by atoms with Crippen LogP contribution in [0.3, 0.4) is 0 Å². The maximum absolute atomic E-state index is 6.17. The molecule has 0 fully saturated rings. The minimum atomic E-state index is 0.999. The molecule has 0 radical (unpaired) electrons. The van der Waals surface area contributed by atoms with E-state index in [0.717, 1.165) is 11.4 Å². The number of hydrogen-bond donors (Lipinski definition) is 1. The minimum absolute atomic E-state index is 0.999. The van der Waals surface area contributed by atoms with Gasteiger partial charge in [-0.2, -0.15) is 0 Å². The van der Waals surface area contributed by atoms with Crippen molar-refractivity contribution in [3.8, 4) is 0 Å². The first-order valence-electron chi connectivity index (χ1n) is 5.78. The molecule has 0 spiro atoms. The number of anilines is 2. The largest absolute Gasteiger partial charge is 0.279 e. The van der Waals surface area contributed by atoms with Gasteiger partial charge in [-0.05, 0) is 55.7 Å². The van der Waals surface area contributed by atoms with Gasteiger partial charge in [0.1, 0.15) is 0 Å². The second kappa shape index (κ2) is 4.60. The molecule has 0 saturated heterocycles. The van der Waals surface area contributed by atoms with Gasteiger partial charge < -0.3 is 0 Å². The van der Waals surface area contributed by atoms with Gasteiger partial charge in [0.15, 0.2) is 0 Å². The predicted octanol–water partition coefficient (Wildman–Crippen LogP) is 3.62. The number of benzene rings is 2. The number of aryl methyl sites for hydroxylation is 1. The van der Waals surface area contributed by atoms with Gasteiger partial charge in [0.2, 0.25) is 0 Å². The van der Waals surface area contributed by atoms with Crippen LogP contribution in [0.4, 0.5) is 11.4 Å². The maximum Gasteiger partial charge on any atom is 0.0607 e. The number of nitrogens with zero attached hydrogens (tertiary/aromatic N) is 1. The van der Waals surface area contributed by atoms with Crippen molar-refractivity contribution < 1.29 is 0 Å². The molecule has 0 aromatic heterocycles. The molecule has 2 rings (SSSR count). The van der Waals surface area contributed by atoms with Crippen molar-refractivity contribution in [2.75, 3.05) is 5.01 Å². The zero-order chi connectivity index (χ0) is 12.4. The molecular formula is C15H18N2. The van der Waals surface area contributed by atoms with Crippen LogP contribution in [0.15, 0.2) is 42.5 Å². The highest BCUT2D eigenvalue weighted by Crippen LogP contribution is 2.28. The number of hydrazine groups is 1. The van der Waals surface area contributed by atoms with Crippen LogP contribution in [0, 0.1) is 20.8 Å². The fourth-order valence-corrected chi connectivity index (χ4v) is 1.93. The van der Waals surface area contributed by atoms with Crippen molar-refractivity contribution in [3.05, 3.63) is 59.2 Å². The molecule has 0 amide bonds. The molecule has 0 aliphatic heterocycles. The second-order valence-electron chi connectivity index (χ2n) is 4.36. The van der Waals surface area contributed by atoms with Crippen LogP contribution in [0.1, 0.15) is 16.7 Å². The van der Waals surface area contributed by atoms with Crippen molar-refractivity contribution >= 4 is 11.4 Å². The Morgan fingerprint density at radius 2 is 1.47 bits per heavy atom. The van der Waals surface area contributed by atoms with Gasteiger partial charge in [-0.15, -0.1) is 0 Å². The van der Waals surface area contributed by atoms with Gasteiger partial charge in [-0.3, -0.25) is 5.01 Å². The van der Waals surface area contributed by atoms with Gasteiger partial charge in [0.05, 0.1) is 11.4 Å². The molecule has 0 aliphatic rings. The Balaban J connectivity index is 2.45. The van der Waals surface area contributed by atoms with E-state index in [0.29, 0.717) is 0 Å². The van der Waals surface area contributed by atoms with E-state index in [1.54, 1.807) is 5.01 Å². The number of nitrogens with two attached hydrogens (primary N) is 1. The molecular weight excluding hydrogens is 208 g/mol. The van der Waals surface area contributed by atoms with Gasteiger partial charge in [-0.1, -0.05) is 24.3 Å². The van der Waals surface area contributed by atoms with E-state index < -0.39 is 0 Å². The molecule has 0 aliphatic carbocycles. The standard InChI is InChI=1S/C15H18N2/c1-11-9-10-15(13(3)12(11)2)17(16)14-7-5-4-6-8-14/h4-10H,16H2,1-3H3. The smallest absolute Gasteiger partial charge is 0.0607 e. The average molecular weight is 226 g/mol. The summed E-state index contributed by atoms with van der Waals surface area (Å²) in [6.45, 7) is 6.36. The Morgan fingerprint density at radius 1 is 0.824 bits per heavy atom. The second-order valence-corrected chi connectivity index (χ2v) is 4.36. The first kappa shape index (κ1) is 11.7. The van der Waals surface area contributed by atoms with E-state index in [-0.39, 0.29) is 0 Å². The van der Waals surface area contributed by atoms with E-state index in [2.05, 4.69) is 32.9 Å². The Labute approximate surface area is 103 Å². The summed E-state index contributed by atoms with van der Waals surface area (Å²) >= 11 is 0. The molecule has 0 unspecified atom stereocenters. The van der Waals surface area contributed by atoms with Gasteiger partial charge in [0, 0.05) is 0 Å². The number of para-hydroxylation sites is 1. The highest BCUT2D eigenvalue weighted by molar-refractivity contribution is 5.66. The summed E-state index contributed by atoms with van der Waals surface area (Å²) in [6, 6.07) is 14.2. The molecule has 0 atom stereocenters.